The second-order valence-corrected chi connectivity index (χ2v) is 8.54. The van der Waals surface area contributed by atoms with Crippen molar-refractivity contribution in [3.8, 4) is 0 Å². The number of aryl methyl sites for hydroxylation is 2. The van der Waals surface area contributed by atoms with E-state index in [-0.39, 0.29) is 29.6 Å². The Kier molecular flexibility index (Phi) is 5.07. The minimum atomic E-state index is -3.75. The molecular weight excluding hydrogens is 368 g/mol. The van der Waals surface area contributed by atoms with Crippen molar-refractivity contribution in [3.05, 3.63) is 53.3 Å². The molecule has 2 N–H and O–H groups in total. The van der Waals surface area contributed by atoms with Crippen LogP contribution in [-0.4, -0.2) is 60.2 Å². The highest BCUT2D eigenvalue weighted by Gasteiger charge is 2.31. The van der Waals surface area contributed by atoms with Gasteiger partial charge in [0.25, 0.3) is 11.8 Å². The standard InChI is InChI=1S/C18H22N4O4S/c1-13-4-3-5-14(10-13)18(24)21-6-8-22(9-7-21)27(25,26)15-11-16(17(19)23)20(2)12-15/h3-5,10-12H,6-9H2,1-2H3,(H2,19,23). The molecule has 1 aromatic carbocycles. The number of rotatable bonds is 4. The lowest BCUT2D eigenvalue weighted by molar-refractivity contribution is 0.0697. The Morgan fingerprint density at radius 1 is 1.07 bits per heavy atom. The van der Waals surface area contributed by atoms with Gasteiger partial charge < -0.3 is 15.2 Å². The van der Waals surface area contributed by atoms with Gasteiger partial charge in [-0.25, -0.2) is 8.42 Å². The summed E-state index contributed by atoms with van der Waals surface area (Å²) in [5, 5.41) is 0. The minimum Gasteiger partial charge on any atom is -0.364 e. The van der Waals surface area contributed by atoms with Gasteiger partial charge in [-0.05, 0) is 25.1 Å². The van der Waals surface area contributed by atoms with Gasteiger partial charge in [0.05, 0.1) is 0 Å². The summed E-state index contributed by atoms with van der Waals surface area (Å²) in [6, 6.07) is 8.60. The van der Waals surface area contributed by atoms with Crippen LogP contribution in [0, 0.1) is 6.92 Å². The molecule has 3 rings (SSSR count). The van der Waals surface area contributed by atoms with Crippen molar-refractivity contribution in [1.29, 1.82) is 0 Å². The highest BCUT2D eigenvalue weighted by atomic mass is 32.2. The summed E-state index contributed by atoms with van der Waals surface area (Å²) in [7, 11) is -2.18. The monoisotopic (exact) mass is 390 g/mol. The SMILES string of the molecule is Cc1cccc(C(=O)N2CCN(S(=O)(=O)c3cc(C(N)=O)n(C)c3)CC2)c1. The topological polar surface area (TPSA) is 106 Å². The first-order valence-electron chi connectivity index (χ1n) is 8.52. The summed E-state index contributed by atoms with van der Waals surface area (Å²) < 4.78 is 28.4. The molecule has 2 amide bonds. The van der Waals surface area contributed by atoms with Crippen LogP contribution in [-0.2, 0) is 17.1 Å². The highest BCUT2D eigenvalue weighted by Crippen LogP contribution is 2.20. The predicted octanol–water partition coefficient (Wildman–Crippen LogP) is 0.579. The summed E-state index contributed by atoms with van der Waals surface area (Å²) in [6.45, 7) is 2.92. The molecule has 1 fully saturated rings. The lowest BCUT2D eigenvalue weighted by atomic mass is 10.1. The quantitative estimate of drug-likeness (QED) is 0.824. The Hall–Kier alpha value is -2.65. The number of primary amides is 1. The molecular formula is C18H22N4O4S. The molecule has 1 aliphatic rings. The van der Waals surface area contributed by atoms with Crippen LogP contribution in [0.25, 0.3) is 0 Å². The number of benzene rings is 1. The van der Waals surface area contributed by atoms with E-state index in [9.17, 15) is 18.0 Å². The van der Waals surface area contributed by atoms with Crippen LogP contribution in [0.2, 0.25) is 0 Å². The van der Waals surface area contributed by atoms with Gasteiger partial charge in [-0.1, -0.05) is 17.7 Å². The number of sulfonamides is 1. The largest absolute Gasteiger partial charge is 0.364 e. The zero-order valence-corrected chi connectivity index (χ0v) is 16.1. The van der Waals surface area contributed by atoms with Gasteiger partial charge >= 0.3 is 0 Å². The maximum atomic E-state index is 12.8. The van der Waals surface area contributed by atoms with Crippen molar-refractivity contribution in [2.24, 2.45) is 12.8 Å². The summed E-state index contributed by atoms with van der Waals surface area (Å²) in [6.07, 6.45) is 1.37. The number of nitrogens with zero attached hydrogens (tertiary/aromatic N) is 3. The molecule has 9 heteroatoms. The number of hydrogen-bond donors (Lipinski definition) is 1. The number of hydrogen-bond acceptors (Lipinski definition) is 4. The molecule has 1 aromatic heterocycles. The van der Waals surface area contributed by atoms with Crippen LogP contribution in [0.15, 0.2) is 41.4 Å². The molecule has 27 heavy (non-hydrogen) atoms. The van der Waals surface area contributed by atoms with Crippen molar-refractivity contribution in [1.82, 2.24) is 13.8 Å². The van der Waals surface area contributed by atoms with Crippen LogP contribution in [0.4, 0.5) is 0 Å². The van der Waals surface area contributed by atoms with Crippen LogP contribution < -0.4 is 5.73 Å². The predicted molar refractivity (Wildman–Crippen MR) is 99.8 cm³/mol. The summed E-state index contributed by atoms with van der Waals surface area (Å²) in [5.41, 5.74) is 6.98. The second-order valence-electron chi connectivity index (χ2n) is 6.60. The van der Waals surface area contributed by atoms with E-state index in [1.165, 1.54) is 21.1 Å². The molecule has 0 saturated carbocycles. The molecule has 144 valence electrons. The third-order valence-corrected chi connectivity index (χ3v) is 6.52. The first kappa shape index (κ1) is 19.1. The number of nitrogens with two attached hydrogens (primary N) is 1. The van der Waals surface area contributed by atoms with E-state index >= 15 is 0 Å². The molecule has 2 aromatic rings. The van der Waals surface area contributed by atoms with Gasteiger partial charge in [0.1, 0.15) is 10.6 Å². The van der Waals surface area contributed by atoms with E-state index < -0.39 is 15.9 Å². The number of carbonyl (C=O) groups is 2. The molecule has 0 radical (unpaired) electrons. The van der Waals surface area contributed by atoms with E-state index in [4.69, 9.17) is 5.73 Å². The van der Waals surface area contributed by atoms with Crippen LogP contribution in [0.1, 0.15) is 26.4 Å². The average Bonchev–Trinajstić information content (AvgIpc) is 3.04. The third-order valence-electron chi connectivity index (χ3n) is 4.66. The Morgan fingerprint density at radius 3 is 2.30 bits per heavy atom. The number of aromatic nitrogens is 1. The van der Waals surface area contributed by atoms with Crippen LogP contribution >= 0.6 is 0 Å². The lowest BCUT2D eigenvalue weighted by Crippen LogP contribution is -2.50. The van der Waals surface area contributed by atoms with Crippen molar-refractivity contribution >= 4 is 21.8 Å². The van der Waals surface area contributed by atoms with E-state index in [2.05, 4.69) is 0 Å². The minimum absolute atomic E-state index is 0.0252. The molecule has 0 unspecified atom stereocenters. The molecule has 8 nitrogen and oxygen atoms in total. The third kappa shape index (κ3) is 3.74. The molecule has 0 spiro atoms. The van der Waals surface area contributed by atoms with E-state index in [1.807, 2.05) is 25.1 Å². The lowest BCUT2D eigenvalue weighted by Gasteiger charge is -2.33. The van der Waals surface area contributed by atoms with E-state index in [1.54, 1.807) is 18.0 Å². The fourth-order valence-corrected chi connectivity index (χ4v) is 4.66. The first-order chi connectivity index (χ1) is 12.7. The molecule has 0 atom stereocenters. The van der Waals surface area contributed by atoms with Gasteiger partial charge in [-0.3, -0.25) is 9.59 Å². The van der Waals surface area contributed by atoms with E-state index in [0.29, 0.717) is 18.7 Å². The van der Waals surface area contributed by atoms with Gasteiger partial charge in [0.2, 0.25) is 10.0 Å². The Labute approximate surface area is 158 Å². The summed E-state index contributed by atoms with van der Waals surface area (Å²) >= 11 is 0. The average molecular weight is 390 g/mol. The van der Waals surface area contributed by atoms with Gasteiger partial charge in [-0.2, -0.15) is 4.31 Å². The summed E-state index contributed by atoms with van der Waals surface area (Å²) in [5.74, 6) is -0.793. The molecule has 1 aliphatic heterocycles. The highest BCUT2D eigenvalue weighted by molar-refractivity contribution is 7.89. The van der Waals surface area contributed by atoms with Crippen molar-refractivity contribution in [3.63, 3.8) is 0 Å². The molecule has 0 aliphatic carbocycles. The number of carbonyl (C=O) groups excluding carboxylic acids is 2. The maximum Gasteiger partial charge on any atom is 0.265 e. The van der Waals surface area contributed by atoms with Crippen molar-refractivity contribution in [2.45, 2.75) is 11.8 Å². The molecule has 1 saturated heterocycles. The van der Waals surface area contributed by atoms with Gasteiger partial charge in [0, 0.05) is 45.0 Å². The number of amides is 2. The van der Waals surface area contributed by atoms with Gasteiger partial charge in [0.15, 0.2) is 0 Å². The van der Waals surface area contributed by atoms with Gasteiger partial charge in [-0.15, -0.1) is 0 Å². The smallest absolute Gasteiger partial charge is 0.265 e. The normalized spacial score (nSPS) is 15.7. The van der Waals surface area contributed by atoms with Crippen molar-refractivity contribution in [2.75, 3.05) is 26.2 Å². The Balaban J connectivity index is 1.72. The maximum absolute atomic E-state index is 12.8. The zero-order chi connectivity index (χ0) is 19.8. The Bertz CT molecular complexity index is 989. The second kappa shape index (κ2) is 7.16. The van der Waals surface area contributed by atoms with Crippen LogP contribution in [0.5, 0.6) is 0 Å². The fraction of sp³-hybridized carbons (Fsp3) is 0.333. The fourth-order valence-electron chi connectivity index (χ4n) is 3.16. The van der Waals surface area contributed by atoms with Crippen LogP contribution in [0.3, 0.4) is 0 Å². The zero-order valence-electron chi connectivity index (χ0n) is 15.3. The molecule has 2 heterocycles. The first-order valence-corrected chi connectivity index (χ1v) is 9.96. The van der Waals surface area contributed by atoms with E-state index in [0.717, 1.165) is 5.56 Å². The summed E-state index contributed by atoms with van der Waals surface area (Å²) in [4.78, 5) is 25.6. The molecule has 0 bridgehead atoms. The van der Waals surface area contributed by atoms with Crippen molar-refractivity contribution < 1.29 is 18.0 Å². The Morgan fingerprint density at radius 2 is 1.74 bits per heavy atom. The number of piperazine rings is 1.